The van der Waals surface area contributed by atoms with Crippen LogP contribution in [0, 0.1) is 6.92 Å². The predicted octanol–water partition coefficient (Wildman–Crippen LogP) is 2.36. The Morgan fingerprint density at radius 2 is 1.82 bits per heavy atom. The van der Waals surface area contributed by atoms with Crippen LogP contribution in [0.3, 0.4) is 0 Å². The maximum atomic E-state index is 4.38. The lowest BCUT2D eigenvalue weighted by Crippen LogP contribution is -2.20. The topological polar surface area (TPSA) is 37.8 Å². The van der Waals surface area contributed by atoms with Crippen molar-refractivity contribution in [3.8, 4) is 0 Å². The van der Waals surface area contributed by atoms with E-state index in [0.717, 1.165) is 24.5 Å². The number of rotatable bonds is 2. The van der Waals surface area contributed by atoms with Gasteiger partial charge in [0.05, 0.1) is 0 Å². The zero-order valence-corrected chi connectivity index (χ0v) is 9.85. The third kappa shape index (κ3) is 2.13. The monoisotopic (exact) mass is 225 g/mol. The van der Waals surface area contributed by atoms with Crippen molar-refractivity contribution in [3.05, 3.63) is 53.5 Å². The number of benzene rings is 1. The fourth-order valence-corrected chi connectivity index (χ4v) is 2.41. The summed E-state index contributed by atoms with van der Waals surface area (Å²) in [6, 6.07) is 11.0. The van der Waals surface area contributed by atoms with Gasteiger partial charge in [-0.15, -0.1) is 0 Å². The second kappa shape index (κ2) is 4.17. The van der Waals surface area contributed by atoms with E-state index in [1.165, 1.54) is 11.1 Å². The Morgan fingerprint density at radius 1 is 1.12 bits per heavy atom. The summed E-state index contributed by atoms with van der Waals surface area (Å²) in [6.45, 7) is 1.91. The highest BCUT2D eigenvalue weighted by molar-refractivity contribution is 5.40. The number of fused-ring (bicyclic) bond motifs is 1. The van der Waals surface area contributed by atoms with Gasteiger partial charge in [-0.05, 0) is 37.0 Å². The van der Waals surface area contributed by atoms with Crippen LogP contribution in [-0.2, 0) is 12.8 Å². The standard InChI is InChI=1S/C14H15N3/c1-10-15-7-6-14(16-10)17-13-8-11-4-2-3-5-12(11)9-13/h2-7,13H,8-9H2,1H3,(H,15,16,17). The van der Waals surface area contributed by atoms with Crippen LogP contribution < -0.4 is 5.32 Å². The summed E-state index contributed by atoms with van der Waals surface area (Å²) < 4.78 is 0. The molecule has 17 heavy (non-hydrogen) atoms. The Balaban J connectivity index is 1.74. The summed E-state index contributed by atoms with van der Waals surface area (Å²) in [5.41, 5.74) is 2.91. The fraction of sp³-hybridized carbons (Fsp3) is 0.286. The highest BCUT2D eigenvalue weighted by atomic mass is 15.0. The van der Waals surface area contributed by atoms with E-state index in [2.05, 4.69) is 39.6 Å². The molecule has 0 bridgehead atoms. The molecule has 0 saturated heterocycles. The van der Waals surface area contributed by atoms with E-state index in [-0.39, 0.29) is 0 Å². The maximum absolute atomic E-state index is 4.38. The zero-order valence-electron chi connectivity index (χ0n) is 9.85. The number of nitrogens with one attached hydrogen (secondary N) is 1. The van der Waals surface area contributed by atoms with Crippen molar-refractivity contribution in [1.29, 1.82) is 0 Å². The van der Waals surface area contributed by atoms with Crippen molar-refractivity contribution in [2.75, 3.05) is 5.32 Å². The van der Waals surface area contributed by atoms with E-state index < -0.39 is 0 Å². The van der Waals surface area contributed by atoms with Gasteiger partial charge in [0.2, 0.25) is 0 Å². The van der Waals surface area contributed by atoms with Gasteiger partial charge in [0.1, 0.15) is 11.6 Å². The second-order valence-electron chi connectivity index (χ2n) is 4.51. The lowest BCUT2D eigenvalue weighted by Gasteiger charge is -2.12. The molecule has 0 unspecified atom stereocenters. The first-order chi connectivity index (χ1) is 8.31. The minimum Gasteiger partial charge on any atom is -0.367 e. The Morgan fingerprint density at radius 3 is 2.47 bits per heavy atom. The van der Waals surface area contributed by atoms with Gasteiger partial charge in [-0.3, -0.25) is 0 Å². The molecule has 3 rings (SSSR count). The quantitative estimate of drug-likeness (QED) is 0.852. The molecule has 1 aliphatic rings. The Labute approximate surface area is 101 Å². The number of anilines is 1. The van der Waals surface area contributed by atoms with E-state index in [1.54, 1.807) is 6.20 Å². The number of hydrogen-bond acceptors (Lipinski definition) is 3. The van der Waals surface area contributed by atoms with Gasteiger partial charge in [0.15, 0.2) is 0 Å². The van der Waals surface area contributed by atoms with E-state index in [9.17, 15) is 0 Å². The molecule has 1 N–H and O–H groups in total. The van der Waals surface area contributed by atoms with Crippen LogP contribution >= 0.6 is 0 Å². The molecule has 1 aromatic carbocycles. The van der Waals surface area contributed by atoms with Crippen LogP contribution in [0.4, 0.5) is 5.82 Å². The molecule has 0 aliphatic heterocycles. The second-order valence-corrected chi connectivity index (χ2v) is 4.51. The lowest BCUT2D eigenvalue weighted by atomic mass is 10.1. The average Bonchev–Trinajstić information content (AvgIpc) is 2.71. The summed E-state index contributed by atoms with van der Waals surface area (Å²) in [4.78, 5) is 8.48. The first kappa shape index (κ1) is 10.3. The number of aryl methyl sites for hydroxylation is 1. The van der Waals surface area contributed by atoms with Crippen LogP contribution in [0.15, 0.2) is 36.5 Å². The van der Waals surface area contributed by atoms with Crippen molar-refractivity contribution in [2.45, 2.75) is 25.8 Å². The number of hydrogen-bond donors (Lipinski definition) is 1. The maximum Gasteiger partial charge on any atom is 0.129 e. The van der Waals surface area contributed by atoms with Crippen LogP contribution in [0.1, 0.15) is 17.0 Å². The molecule has 0 amide bonds. The van der Waals surface area contributed by atoms with Crippen molar-refractivity contribution >= 4 is 5.82 Å². The summed E-state index contributed by atoms with van der Waals surface area (Å²) >= 11 is 0. The third-order valence-electron chi connectivity index (χ3n) is 3.18. The molecule has 1 aromatic heterocycles. The molecule has 86 valence electrons. The van der Waals surface area contributed by atoms with Gasteiger partial charge in [0, 0.05) is 12.2 Å². The van der Waals surface area contributed by atoms with Crippen LogP contribution in [0.5, 0.6) is 0 Å². The molecule has 1 heterocycles. The van der Waals surface area contributed by atoms with Gasteiger partial charge >= 0.3 is 0 Å². The number of aromatic nitrogens is 2. The number of nitrogens with zero attached hydrogens (tertiary/aromatic N) is 2. The minimum atomic E-state index is 0.460. The molecule has 0 atom stereocenters. The highest BCUT2D eigenvalue weighted by Crippen LogP contribution is 2.23. The van der Waals surface area contributed by atoms with Gasteiger partial charge in [-0.1, -0.05) is 24.3 Å². The van der Waals surface area contributed by atoms with Crippen molar-refractivity contribution in [1.82, 2.24) is 9.97 Å². The van der Waals surface area contributed by atoms with Crippen molar-refractivity contribution < 1.29 is 0 Å². The van der Waals surface area contributed by atoms with E-state index >= 15 is 0 Å². The largest absolute Gasteiger partial charge is 0.367 e. The average molecular weight is 225 g/mol. The first-order valence-corrected chi connectivity index (χ1v) is 5.94. The molecule has 3 heteroatoms. The molecule has 0 fully saturated rings. The smallest absolute Gasteiger partial charge is 0.129 e. The van der Waals surface area contributed by atoms with E-state index in [1.807, 2.05) is 13.0 Å². The molecule has 2 aromatic rings. The SMILES string of the molecule is Cc1nccc(NC2Cc3ccccc3C2)n1. The zero-order chi connectivity index (χ0) is 11.7. The van der Waals surface area contributed by atoms with Gasteiger partial charge < -0.3 is 5.32 Å². The van der Waals surface area contributed by atoms with Gasteiger partial charge in [0.25, 0.3) is 0 Å². The normalized spacial score (nSPS) is 14.6. The highest BCUT2D eigenvalue weighted by Gasteiger charge is 2.20. The molecule has 3 nitrogen and oxygen atoms in total. The van der Waals surface area contributed by atoms with Gasteiger partial charge in [-0.25, -0.2) is 9.97 Å². The molecule has 0 saturated carbocycles. The summed E-state index contributed by atoms with van der Waals surface area (Å²) in [5, 5.41) is 3.48. The summed E-state index contributed by atoms with van der Waals surface area (Å²) in [7, 11) is 0. The minimum absolute atomic E-state index is 0.460. The van der Waals surface area contributed by atoms with E-state index in [0.29, 0.717) is 6.04 Å². The van der Waals surface area contributed by atoms with Crippen molar-refractivity contribution in [3.63, 3.8) is 0 Å². The molecule has 0 spiro atoms. The fourth-order valence-electron chi connectivity index (χ4n) is 2.41. The van der Waals surface area contributed by atoms with Gasteiger partial charge in [-0.2, -0.15) is 0 Å². The molecular formula is C14H15N3. The lowest BCUT2D eigenvalue weighted by molar-refractivity contribution is 0.766. The Hall–Kier alpha value is -1.90. The van der Waals surface area contributed by atoms with Crippen LogP contribution in [0.2, 0.25) is 0 Å². The van der Waals surface area contributed by atoms with Crippen LogP contribution in [0.25, 0.3) is 0 Å². The van der Waals surface area contributed by atoms with Crippen molar-refractivity contribution in [2.24, 2.45) is 0 Å². The Bertz CT molecular complexity index is 511. The molecule has 0 radical (unpaired) electrons. The van der Waals surface area contributed by atoms with Crippen LogP contribution in [-0.4, -0.2) is 16.0 Å². The first-order valence-electron chi connectivity index (χ1n) is 5.94. The Kier molecular flexibility index (Phi) is 2.52. The third-order valence-corrected chi connectivity index (χ3v) is 3.18. The summed E-state index contributed by atoms with van der Waals surface area (Å²) in [5.74, 6) is 1.74. The van der Waals surface area contributed by atoms with E-state index in [4.69, 9.17) is 0 Å². The predicted molar refractivity (Wildman–Crippen MR) is 68.0 cm³/mol. The molecule has 1 aliphatic carbocycles. The molecular weight excluding hydrogens is 210 g/mol. The summed E-state index contributed by atoms with van der Waals surface area (Å²) in [6.07, 6.45) is 3.96.